The van der Waals surface area contributed by atoms with E-state index in [0.29, 0.717) is 0 Å². The fourth-order valence-electron chi connectivity index (χ4n) is 18.9. The van der Waals surface area contributed by atoms with Gasteiger partial charge in [0.05, 0.1) is 5.69 Å². The molecule has 23 aromatic carbocycles. The Morgan fingerprint density at radius 2 is 0.302 bits per heavy atom. The van der Waals surface area contributed by atoms with Crippen molar-refractivity contribution in [2.45, 2.75) is 0 Å². The molecule has 664 valence electrons. The first-order chi connectivity index (χ1) is 68.6. The first-order valence-corrected chi connectivity index (χ1v) is 47.5. The molecule has 0 spiro atoms. The van der Waals surface area contributed by atoms with Gasteiger partial charge in [0.1, 0.15) is 0 Å². The minimum atomic E-state index is 1.12. The van der Waals surface area contributed by atoms with E-state index in [2.05, 4.69) is 615 Å². The molecule has 0 fully saturated rings. The summed E-state index contributed by atoms with van der Waals surface area (Å²) in [5.74, 6) is 0. The van der Waals surface area contributed by atoms with Crippen LogP contribution >= 0.6 is 0 Å². The van der Waals surface area contributed by atoms with Crippen LogP contribution in [0.2, 0.25) is 0 Å². The Bertz CT molecular complexity index is 8040. The van der Waals surface area contributed by atoms with E-state index in [1.165, 1.54) is 132 Å². The van der Waals surface area contributed by atoms with Gasteiger partial charge in [0.2, 0.25) is 0 Å². The van der Waals surface area contributed by atoms with Crippen molar-refractivity contribution in [2.75, 3.05) is 50.5 Å². The largest absolute Gasteiger partial charge is 0.345 e. The molecule has 0 radical (unpaired) electrons. The van der Waals surface area contributed by atoms with Gasteiger partial charge in [-0.2, -0.15) is 0 Å². The Hall–Kier alpha value is -18.1. The van der Waals surface area contributed by atoms with Crippen LogP contribution in [0.3, 0.4) is 0 Å². The number of anilines is 15. The van der Waals surface area contributed by atoms with E-state index in [0.717, 1.165) is 73.9 Å². The van der Waals surface area contributed by atoms with Crippen LogP contribution in [0, 0.1) is 0 Å². The van der Waals surface area contributed by atoms with Gasteiger partial charge < -0.3 is 29.4 Å². The summed E-state index contributed by atoms with van der Waals surface area (Å²) in [5, 5.41) is 10.1. The van der Waals surface area contributed by atoms with Crippen molar-refractivity contribution in [3.63, 3.8) is 0 Å². The summed E-state index contributed by atoms with van der Waals surface area (Å²) in [6, 6.07) is 202. The highest BCUT2D eigenvalue weighted by molar-refractivity contribution is 6.13. The van der Waals surface area contributed by atoms with Gasteiger partial charge in [0.15, 0.2) is 0 Å². The zero-order valence-corrected chi connectivity index (χ0v) is 77.9. The molecule has 0 saturated heterocycles. The maximum absolute atomic E-state index is 2.32. The number of para-hydroxylation sites is 3. The van der Waals surface area contributed by atoms with Gasteiger partial charge in [-0.05, 0) is 298 Å². The molecule has 23 rings (SSSR count). The molecule has 0 N–H and O–H groups in total. The van der Waals surface area contributed by atoms with Gasteiger partial charge in [-0.15, -0.1) is 0 Å². The number of nitrogens with zero attached hydrogens (tertiary/aromatic N) is 6. The molecule has 0 atom stereocenters. The zero-order chi connectivity index (χ0) is 93.6. The summed E-state index contributed by atoms with van der Waals surface area (Å²) in [6.45, 7) is 0. The Morgan fingerprint density at radius 1 is 0.108 bits per heavy atom. The van der Waals surface area contributed by atoms with E-state index in [1.807, 2.05) is 0 Å². The topological polar surface area (TPSA) is 19.4 Å². The van der Waals surface area contributed by atoms with Crippen LogP contribution in [-0.2, 0) is 0 Å². The van der Waals surface area contributed by atoms with Crippen molar-refractivity contribution < 1.29 is 0 Å². The second kappa shape index (κ2) is 40.8. The third kappa shape index (κ3) is 19.6. The summed E-state index contributed by atoms with van der Waals surface area (Å²) < 4.78 is 0. The Kier molecular flexibility index (Phi) is 25.7. The fraction of sp³-hybridized carbons (Fsp3) is 0.0226. The van der Waals surface area contributed by atoms with Crippen LogP contribution in [0.15, 0.2) is 564 Å². The zero-order valence-electron chi connectivity index (χ0n) is 77.9. The lowest BCUT2D eigenvalue weighted by Crippen LogP contribution is -2.10. The normalized spacial score (nSPS) is 11.0. The highest BCUT2D eigenvalue weighted by Gasteiger charge is 2.21. The first-order valence-electron chi connectivity index (χ1n) is 47.5. The lowest BCUT2D eigenvalue weighted by atomic mass is 9.99. The standard InChI is InChI=1S/2C45H34N2.C43H34N2/c1-46(45-43-21-10-8-15-37(43)31-38-16-9-11-22-44(38)45)39-27-23-34(24-28-39)35-25-29-41(30-26-35)47(40-18-6-3-7-19-40)42-20-12-17-36(32-42)33-13-4-2-5-14-33;1-46(44-28-23-39-29-36-13-8-9-14-37(36)30-40(39)32-44)41-24-19-34(20-25-41)35-21-26-43(27-22-35)47(42-16-6-3-7-17-42)45-18-10-15-38(31-45)33-11-4-2-5-12-33;1-44(42-21-11-17-37(31-42)33-13-5-2-6-14-33)39-27-23-35(24-28-39)36-25-29-41(30-26-36)45(40-19-9-4-10-20-40)43-22-12-18-38(32-43)34-15-7-3-8-16-34/h2*2-32H,1H3;2-32H,1H3. The van der Waals surface area contributed by atoms with Crippen LogP contribution in [0.25, 0.3) is 121 Å². The number of rotatable bonds is 22. The van der Waals surface area contributed by atoms with Crippen molar-refractivity contribution >= 4 is 128 Å². The van der Waals surface area contributed by atoms with Gasteiger partial charge in [-0.25, -0.2) is 0 Å². The molecule has 0 unspecified atom stereocenters. The minimum Gasteiger partial charge on any atom is -0.345 e. The summed E-state index contributed by atoms with van der Waals surface area (Å²) in [5.41, 5.74) is 33.9. The van der Waals surface area contributed by atoms with Crippen LogP contribution in [0.5, 0.6) is 0 Å². The molecule has 0 bridgehead atoms. The molecule has 0 aliphatic rings. The lowest BCUT2D eigenvalue weighted by Gasteiger charge is -2.26. The van der Waals surface area contributed by atoms with E-state index in [1.54, 1.807) is 0 Å². The first kappa shape index (κ1) is 87.5. The quantitative estimate of drug-likeness (QED) is 0.0626. The molecule has 0 saturated carbocycles. The monoisotopic (exact) mass is 1780 g/mol. The number of benzene rings is 23. The highest BCUT2D eigenvalue weighted by atomic mass is 15.2. The number of hydrogen-bond acceptors (Lipinski definition) is 6. The lowest BCUT2D eigenvalue weighted by molar-refractivity contribution is 1.21. The molecule has 139 heavy (non-hydrogen) atoms. The van der Waals surface area contributed by atoms with Crippen LogP contribution in [0.4, 0.5) is 85.3 Å². The second-order valence-corrected chi connectivity index (χ2v) is 35.0. The van der Waals surface area contributed by atoms with E-state index >= 15 is 0 Å². The smallest absolute Gasteiger partial charge is 0.0567 e. The molecule has 6 nitrogen and oxygen atoms in total. The number of fused-ring (bicyclic) bond motifs is 4. The van der Waals surface area contributed by atoms with Gasteiger partial charge in [-0.1, -0.05) is 376 Å². The maximum Gasteiger partial charge on any atom is 0.0567 e. The third-order valence-electron chi connectivity index (χ3n) is 26.3. The molecule has 0 amide bonds. The summed E-state index contributed by atoms with van der Waals surface area (Å²) in [4.78, 5) is 13.8. The molecule has 6 heteroatoms. The summed E-state index contributed by atoms with van der Waals surface area (Å²) >= 11 is 0. The fourth-order valence-corrected chi connectivity index (χ4v) is 18.9. The summed E-state index contributed by atoms with van der Waals surface area (Å²) in [6.07, 6.45) is 0. The molecule has 0 aliphatic heterocycles. The molecule has 0 aromatic heterocycles. The maximum atomic E-state index is 2.32. The second-order valence-electron chi connectivity index (χ2n) is 35.0. The molecule has 0 heterocycles. The molecular formula is C133H102N6. The van der Waals surface area contributed by atoms with Gasteiger partial charge in [-0.3, -0.25) is 0 Å². The predicted octanol–water partition coefficient (Wildman–Crippen LogP) is 37.1. The Labute approximate surface area is 815 Å². The Balaban J connectivity index is 0.000000124. The highest BCUT2D eigenvalue weighted by Crippen LogP contribution is 2.45. The average Bonchev–Trinajstić information content (AvgIpc) is 0.763. The Morgan fingerprint density at radius 3 is 0.619 bits per heavy atom. The van der Waals surface area contributed by atoms with Crippen LogP contribution in [0.1, 0.15) is 0 Å². The van der Waals surface area contributed by atoms with E-state index in [4.69, 9.17) is 0 Å². The summed E-state index contributed by atoms with van der Waals surface area (Å²) in [7, 11) is 6.43. The van der Waals surface area contributed by atoms with Gasteiger partial charge in [0, 0.05) is 112 Å². The molecule has 0 aliphatic carbocycles. The van der Waals surface area contributed by atoms with E-state index in [-0.39, 0.29) is 0 Å². The van der Waals surface area contributed by atoms with E-state index in [9.17, 15) is 0 Å². The van der Waals surface area contributed by atoms with E-state index < -0.39 is 0 Å². The van der Waals surface area contributed by atoms with Crippen molar-refractivity contribution in [1.82, 2.24) is 0 Å². The minimum absolute atomic E-state index is 1.12. The molecule has 23 aromatic rings. The van der Waals surface area contributed by atoms with Crippen LogP contribution < -0.4 is 29.4 Å². The van der Waals surface area contributed by atoms with Crippen molar-refractivity contribution in [2.24, 2.45) is 0 Å². The molecular weight excluding hydrogens is 1680 g/mol. The predicted molar refractivity (Wildman–Crippen MR) is 595 cm³/mol. The number of hydrogen-bond donors (Lipinski definition) is 0. The average molecular weight is 1780 g/mol. The van der Waals surface area contributed by atoms with Crippen molar-refractivity contribution in [3.05, 3.63) is 564 Å². The third-order valence-corrected chi connectivity index (χ3v) is 26.3. The SMILES string of the molecule is CN(c1ccc(-c2ccc(N(c3ccccc3)c3cccc(-c4ccccc4)c3)cc2)cc1)c1c2ccccc2cc2ccccc12.CN(c1ccc(-c2ccc(N(c3ccccc3)c3cccc(-c4ccccc4)c3)cc2)cc1)c1ccc2cc3ccccc3cc2c1.CN(c1ccc(-c2ccc(N(c3ccccc3)c3cccc(-c4ccccc4)c3)cc2)cc1)c1cccc(-c2ccccc2)c1. The van der Waals surface area contributed by atoms with Crippen molar-refractivity contribution in [1.29, 1.82) is 0 Å². The van der Waals surface area contributed by atoms with Gasteiger partial charge in [0.25, 0.3) is 0 Å². The van der Waals surface area contributed by atoms with Crippen LogP contribution in [-0.4, -0.2) is 21.1 Å². The van der Waals surface area contributed by atoms with Crippen molar-refractivity contribution in [3.8, 4) is 77.9 Å². The van der Waals surface area contributed by atoms with Gasteiger partial charge >= 0.3 is 0 Å².